The second kappa shape index (κ2) is 5.83. The lowest BCUT2D eigenvalue weighted by Gasteiger charge is -2.24. The number of fused-ring (bicyclic) bond motifs is 7. The van der Waals surface area contributed by atoms with E-state index < -0.39 is 5.92 Å². The first-order chi connectivity index (χ1) is 14.2. The lowest BCUT2D eigenvalue weighted by molar-refractivity contribution is -0.148. The minimum atomic E-state index is -0.395. The van der Waals surface area contributed by atoms with Gasteiger partial charge in [0.25, 0.3) is 5.56 Å². The standard InChI is InChI=1S/C22H19N3O4/c1-2-12-13-8-18-19-11(9-25(18)21(26)15(13)10-29-22(12)27)7-14-16(24-19)3-4-17-20(14)28-6-5-23-17/h3-4,7-8,12,23H,2,5-6,9-10H2,1H3. The van der Waals surface area contributed by atoms with E-state index in [-0.39, 0.29) is 18.1 Å². The molecule has 0 saturated carbocycles. The summed E-state index contributed by atoms with van der Waals surface area (Å²) in [7, 11) is 0. The van der Waals surface area contributed by atoms with Gasteiger partial charge >= 0.3 is 5.97 Å². The highest BCUT2D eigenvalue weighted by Gasteiger charge is 2.34. The maximum Gasteiger partial charge on any atom is 0.313 e. The molecule has 0 radical (unpaired) electrons. The Bertz CT molecular complexity index is 1280. The Kier molecular flexibility index (Phi) is 3.33. The number of nitrogens with zero attached hydrogens (tertiary/aromatic N) is 2. The SMILES string of the molecule is CCC1C(=O)OCc2c1cc1n(c2=O)Cc2cc3c4c(ccc3nc2-1)NCCO4. The number of esters is 1. The molecule has 3 aliphatic heterocycles. The fourth-order valence-corrected chi connectivity index (χ4v) is 4.68. The number of hydrogen-bond donors (Lipinski definition) is 1. The van der Waals surface area contributed by atoms with Crippen LogP contribution in [0, 0.1) is 0 Å². The van der Waals surface area contributed by atoms with Crippen LogP contribution < -0.4 is 15.6 Å². The molecule has 0 aliphatic carbocycles. The summed E-state index contributed by atoms with van der Waals surface area (Å²) in [6.45, 7) is 3.83. The Morgan fingerprint density at radius 1 is 1.24 bits per heavy atom. The largest absolute Gasteiger partial charge is 0.489 e. The van der Waals surface area contributed by atoms with Gasteiger partial charge in [-0.25, -0.2) is 4.98 Å². The molecular formula is C22H19N3O4. The fraction of sp³-hybridized carbons (Fsp3) is 0.318. The van der Waals surface area contributed by atoms with Crippen molar-refractivity contribution in [3.05, 3.63) is 51.3 Å². The lowest BCUT2D eigenvalue weighted by atomic mass is 9.90. The first-order valence-electron chi connectivity index (χ1n) is 9.92. The number of benzene rings is 1. The van der Waals surface area contributed by atoms with Crippen molar-refractivity contribution in [2.75, 3.05) is 18.5 Å². The maximum absolute atomic E-state index is 13.2. The van der Waals surface area contributed by atoms with Gasteiger partial charge < -0.3 is 19.4 Å². The molecule has 5 heterocycles. The van der Waals surface area contributed by atoms with Crippen molar-refractivity contribution in [3.8, 4) is 17.1 Å². The third-order valence-electron chi connectivity index (χ3n) is 6.12. The molecule has 29 heavy (non-hydrogen) atoms. The van der Waals surface area contributed by atoms with Crippen LogP contribution >= 0.6 is 0 Å². The van der Waals surface area contributed by atoms with Crippen LogP contribution in [0.15, 0.2) is 29.1 Å². The van der Waals surface area contributed by atoms with Gasteiger partial charge in [-0.15, -0.1) is 0 Å². The van der Waals surface area contributed by atoms with Crippen molar-refractivity contribution >= 4 is 22.6 Å². The molecule has 0 bridgehead atoms. The van der Waals surface area contributed by atoms with E-state index in [1.54, 1.807) is 4.57 Å². The maximum atomic E-state index is 13.2. The number of aromatic nitrogens is 2. The van der Waals surface area contributed by atoms with E-state index >= 15 is 0 Å². The molecule has 146 valence electrons. The third-order valence-corrected chi connectivity index (χ3v) is 6.12. The van der Waals surface area contributed by atoms with Crippen molar-refractivity contribution in [2.24, 2.45) is 0 Å². The Morgan fingerprint density at radius 3 is 3.00 bits per heavy atom. The Labute approximate surface area is 166 Å². The van der Waals surface area contributed by atoms with Crippen LogP contribution in [0.25, 0.3) is 22.3 Å². The van der Waals surface area contributed by atoms with Crippen LogP contribution in [0.2, 0.25) is 0 Å². The van der Waals surface area contributed by atoms with Crippen LogP contribution in [0.4, 0.5) is 5.69 Å². The van der Waals surface area contributed by atoms with Gasteiger partial charge in [0.05, 0.1) is 40.6 Å². The molecule has 0 fully saturated rings. The van der Waals surface area contributed by atoms with Crippen LogP contribution in [0.1, 0.15) is 36.0 Å². The van der Waals surface area contributed by atoms with Crippen LogP contribution in [-0.2, 0) is 22.7 Å². The summed E-state index contributed by atoms with van der Waals surface area (Å²) < 4.78 is 12.9. The molecule has 0 saturated heterocycles. The smallest absolute Gasteiger partial charge is 0.313 e. The predicted molar refractivity (Wildman–Crippen MR) is 107 cm³/mol. The molecule has 1 atom stereocenters. The monoisotopic (exact) mass is 389 g/mol. The summed E-state index contributed by atoms with van der Waals surface area (Å²) in [5.41, 5.74) is 5.64. The number of nitrogens with one attached hydrogen (secondary N) is 1. The summed E-state index contributed by atoms with van der Waals surface area (Å²) in [6, 6.07) is 8.00. The second-order valence-electron chi connectivity index (χ2n) is 7.70. The molecule has 3 aliphatic rings. The van der Waals surface area contributed by atoms with Gasteiger partial charge in [-0.3, -0.25) is 9.59 Å². The Balaban J connectivity index is 1.58. The predicted octanol–water partition coefficient (Wildman–Crippen LogP) is 2.78. The molecule has 7 heteroatoms. The zero-order valence-corrected chi connectivity index (χ0v) is 15.9. The average molecular weight is 389 g/mol. The molecule has 0 spiro atoms. The van der Waals surface area contributed by atoms with E-state index in [0.717, 1.165) is 51.4 Å². The number of rotatable bonds is 1. The summed E-state index contributed by atoms with van der Waals surface area (Å²) in [5, 5.41) is 4.30. The number of cyclic esters (lactones) is 1. The van der Waals surface area contributed by atoms with Crippen LogP contribution in [-0.4, -0.2) is 28.7 Å². The highest BCUT2D eigenvalue weighted by molar-refractivity contribution is 5.94. The molecule has 2 aromatic heterocycles. The zero-order chi connectivity index (χ0) is 19.7. The van der Waals surface area contributed by atoms with E-state index in [4.69, 9.17) is 14.5 Å². The number of carbonyl (C=O) groups is 1. The summed E-state index contributed by atoms with van der Waals surface area (Å²) in [4.78, 5) is 30.2. The topological polar surface area (TPSA) is 82.5 Å². The molecule has 6 rings (SSSR count). The van der Waals surface area contributed by atoms with Crippen molar-refractivity contribution in [2.45, 2.75) is 32.4 Å². The number of anilines is 1. The molecule has 1 unspecified atom stereocenters. The quantitative estimate of drug-likeness (QED) is 0.504. The van der Waals surface area contributed by atoms with Gasteiger partial charge in [-0.1, -0.05) is 6.92 Å². The highest BCUT2D eigenvalue weighted by Crippen LogP contribution is 2.40. The molecule has 0 amide bonds. The van der Waals surface area contributed by atoms with E-state index in [9.17, 15) is 9.59 Å². The normalized spacial score (nSPS) is 18.8. The molecule has 1 aromatic carbocycles. The van der Waals surface area contributed by atoms with Crippen molar-refractivity contribution < 1.29 is 14.3 Å². The Morgan fingerprint density at radius 2 is 2.14 bits per heavy atom. The van der Waals surface area contributed by atoms with Crippen molar-refractivity contribution in [3.63, 3.8) is 0 Å². The van der Waals surface area contributed by atoms with E-state index in [1.165, 1.54) is 0 Å². The molecule has 1 N–H and O–H groups in total. The third kappa shape index (κ3) is 2.21. The summed E-state index contributed by atoms with van der Waals surface area (Å²) in [6.07, 6.45) is 0.600. The van der Waals surface area contributed by atoms with Gasteiger partial charge in [-0.05, 0) is 36.2 Å². The van der Waals surface area contributed by atoms with E-state index in [0.29, 0.717) is 25.1 Å². The minimum Gasteiger partial charge on any atom is -0.489 e. The number of pyridine rings is 2. The highest BCUT2D eigenvalue weighted by atomic mass is 16.5. The molecular weight excluding hydrogens is 370 g/mol. The fourth-order valence-electron chi connectivity index (χ4n) is 4.68. The number of hydrogen-bond acceptors (Lipinski definition) is 6. The second-order valence-corrected chi connectivity index (χ2v) is 7.70. The molecule has 3 aromatic rings. The lowest BCUT2D eigenvalue weighted by Crippen LogP contribution is -2.32. The average Bonchev–Trinajstić information content (AvgIpc) is 3.10. The Hall–Kier alpha value is -3.35. The van der Waals surface area contributed by atoms with E-state index in [2.05, 4.69) is 11.4 Å². The summed E-state index contributed by atoms with van der Waals surface area (Å²) >= 11 is 0. The van der Waals surface area contributed by atoms with Gasteiger partial charge in [0.1, 0.15) is 13.2 Å². The summed E-state index contributed by atoms with van der Waals surface area (Å²) in [5.74, 6) is 0.162. The molecule has 7 nitrogen and oxygen atoms in total. The van der Waals surface area contributed by atoms with Crippen LogP contribution in [0.5, 0.6) is 5.75 Å². The van der Waals surface area contributed by atoms with Crippen molar-refractivity contribution in [1.82, 2.24) is 9.55 Å². The van der Waals surface area contributed by atoms with Gasteiger partial charge in [0.2, 0.25) is 0 Å². The van der Waals surface area contributed by atoms with Crippen molar-refractivity contribution in [1.29, 1.82) is 0 Å². The first kappa shape index (κ1) is 16.6. The first-order valence-corrected chi connectivity index (χ1v) is 9.92. The minimum absolute atomic E-state index is 0.0442. The number of carbonyl (C=O) groups excluding carboxylic acids is 1. The van der Waals surface area contributed by atoms with E-state index in [1.807, 2.05) is 25.1 Å². The van der Waals surface area contributed by atoms with Crippen LogP contribution in [0.3, 0.4) is 0 Å². The van der Waals surface area contributed by atoms with Gasteiger partial charge in [0, 0.05) is 17.5 Å². The van der Waals surface area contributed by atoms with Gasteiger partial charge in [0.15, 0.2) is 5.75 Å². The zero-order valence-electron chi connectivity index (χ0n) is 15.9. The number of ether oxygens (including phenoxy) is 2. The van der Waals surface area contributed by atoms with Gasteiger partial charge in [-0.2, -0.15) is 0 Å².